The van der Waals surface area contributed by atoms with Crippen LogP contribution in [-0.2, 0) is 5.33 Å². The second-order valence-corrected chi connectivity index (χ2v) is 4.39. The van der Waals surface area contributed by atoms with Crippen LogP contribution in [0, 0.1) is 0 Å². The summed E-state index contributed by atoms with van der Waals surface area (Å²) in [4.78, 5) is 0. The number of methoxy groups -OCH3 is 2. The molecule has 2 nitrogen and oxygen atoms in total. The van der Waals surface area contributed by atoms with Crippen LogP contribution in [0.5, 0.6) is 11.5 Å². The van der Waals surface area contributed by atoms with E-state index in [9.17, 15) is 0 Å². The van der Waals surface area contributed by atoms with Gasteiger partial charge in [0.1, 0.15) is 0 Å². The molecule has 0 aliphatic carbocycles. The number of ether oxygens (including phenoxy) is 2. The minimum atomic E-state index is 0.749. The van der Waals surface area contributed by atoms with E-state index in [4.69, 9.17) is 9.47 Å². The van der Waals surface area contributed by atoms with E-state index in [1.807, 2.05) is 30.3 Å². The third kappa shape index (κ3) is 2.36. The molecule has 0 atom stereocenters. The van der Waals surface area contributed by atoms with Gasteiger partial charge in [-0.25, -0.2) is 0 Å². The maximum atomic E-state index is 5.48. The number of para-hydroxylation sites is 1. The van der Waals surface area contributed by atoms with Crippen LogP contribution in [0.15, 0.2) is 42.5 Å². The minimum absolute atomic E-state index is 0.749. The molecule has 0 fully saturated rings. The van der Waals surface area contributed by atoms with Crippen LogP contribution >= 0.6 is 15.9 Å². The van der Waals surface area contributed by atoms with Gasteiger partial charge in [-0.1, -0.05) is 52.3 Å². The zero-order valence-corrected chi connectivity index (χ0v) is 12.0. The van der Waals surface area contributed by atoms with Gasteiger partial charge in [-0.3, -0.25) is 0 Å². The molecule has 0 bridgehead atoms. The topological polar surface area (TPSA) is 18.5 Å². The zero-order chi connectivity index (χ0) is 13.0. The molecule has 0 heterocycles. The molecule has 0 amide bonds. The molecule has 0 aliphatic rings. The van der Waals surface area contributed by atoms with Crippen molar-refractivity contribution in [3.63, 3.8) is 0 Å². The molecule has 2 rings (SSSR count). The van der Waals surface area contributed by atoms with Crippen LogP contribution in [0.3, 0.4) is 0 Å². The van der Waals surface area contributed by atoms with Crippen LogP contribution in [0.2, 0.25) is 0 Å². The van der Waals surface area contributed by atoms with Crippen molar-refractivity contribution in [3.8, 4) is 22.6 Å². The number of benzene rings is 2. The molecule has 0 aliphatic heterocycles. The Hall–Kier alpha value is -1.48. The highest BCUT2D eigenvalue weighted by molar-refractivity contribution is 9.08. The van der Waals surface area contributed by atoms with Gasteiger partial charge in [-0.05, 0) is 17.2 Å². The average Bonchev–Trinajstić information content (AvgIpc) is 2.46. The predicted molar refractivity (Wildman–Crippen MR) is 77.6 cm³/mol. The quantitative estimate of drug-likeness (QED) is 0.786. The van der Waals surface area contributed by atoms with E-state index in [1.54, 1.807) is 14.2 Å². The summed E-state index contributed by atoms with van der Waals surface area (Å²) < 4.78 is 10.8. The van der Waals surface area contributed by atoms with E-state index in [0.29, 0.717) is 0 Å². The normalized spacial score (nSPS) is 10.2. The fourth-order valence-corrected chi connectivity index (χ4v) is 2.49. The van der Waals surface area contributed by atoms with Crippen molar-refractivity contribution in [1.82, 2.24) is 0 Å². The van der Waals surface area contributed by atoms with Gasteiger partial charge in [-0.2, -0.15) is 0 Å². The zero-order valence-electron chi connectivity index (χ0n) is 10.4. The second kappa shape index (κ2) is 5.91. The SMILES string of the molecule is COc1cccc(-c2ccccc2CBr)c1OC. The summed E-state index contributed by atoms with van der Waals surface area (Å²) in [5.41, 5.74) is 3.43. The number of hydrogen-bond donors (Lipinski definition) is 0. The number of hydrogen-bond acceptors (Lipinski definition) is 2. The number of halogens is 1. The van der Waals surface area contributed by atoms with E-state index in [0.717, 1.165) is 28.0 Å². The lowest BCUT2D eigenvalue weighted by Gasteiger charge is -2.14. The standard InChI is InChI=1S/C15H15BrO2/c1-17-14-9-5-8-13(15(14)18-2)12-7-4-3-6-11(12)10-16/h3-9H,10H2,1-2H3. The molecule has 0 spiro atoms. The molecule has 94 valence electrons. The van der Waals surface area contributed by atoms with Gasteiger partial charge in [0.05, 0.1) is 14.2 Å². The molecule has 2 aromatic rings. The molecule has 18 heavy (non-hydrogen) atoms. The molecular weight excluding hydrogens is 292 g/mol. The summed E-state index contributed by atoms with van der Waals surface area (Å²) in [7, 11) is 3.32. The van der Waals surface area contributed by atoms with Crippen molar-refractivity contribution in [2.45, 2.75) is 5.33 Å². The maximum Gasteiger partial charge on any atom is 0.168 e. The van der Waals surface area contributed by atoms with Crippen LogP contribution in [0.1, 0.15) is 5.56 Å². The van der Waals surface area contributed by atoms with Gasteiger partial charge in [0.15, 0.2) is 11.5 Å². The Labute approximate surface area is 116 Å². The summed E-state index contributed by atoms with van der Waals surface area (Å²) >= 11 is 3.52. The summed E-state index contributed by atoms with van der Waals surface area (Å²) in [5.74, 6) is 1.52. The van der Waals surface area contributed by atoms with Crippen molar-refractivity contribution in [2.75, 3.05) is 14.2 Å². The number of alkyl halides is 1. The van der Waals surface area contributed by atoms with Gasteiger partial charge < -0.3 is 9.47 Å². The lowest BCUT2D eigenvalue weighted by molar-refractivity contribution is 0.356. The first-order valence-electron chi connectivity index (χ1n) is 5.67. The van der Waals surface area contributed by atoms with Crippen LogP contribution in [0.4, 0.5) is 0 Å². The van der Waals surface area contributed by atoms with Gasteiger partial charge in [-0.15, -0.1) is 0 Å². The fraction of sp³-hybridized carbons (Fsp3) is 0.200. The van der Waals surface area contributed by atoms with Crippen LogP contribution < -0.4 is 9.47 Å². The lowest BCUT2D eigenvalue weighted by atomic mass is 9.99. The first-order chi connectivity index (χ1) is 8.81. The second-order valence-electron chi connectivity index (χ2n) is 3.83. The largest absolute Gasteiger partial charge is 0.493 e. The Morgan fingerprint density at radius 1 is 0.889 bits per heavy atom. The molecule has 3 heteroatoms. The smallest absolute Gasteiger partial charge is 0.168 e. The van der Waals surface area contributed by atoms with Gasteiger partial charge in [0.2, 0.25) is 0 Å². The van der Waals surface area contributed by atoms with Crippen molar-refractivity contribution in [2.24, 2.45) is 0 Å². The minimum Gasteiger partial charge on any atom is -0.493 e. The van der Waals surface area contributed by atoms with E-state index in [-0.39, 0.29) is 0 Å². The Morgan fingerprint density at radius 2 is 1.61 bits per heavy atom. The van der Waals surface area contributed by atoms with Gasteiger partial charge in [0.25, 0.3) is 0 Å². The van der Waals surface area contributed by atoms with Crippen LogP contribution in [0.25, 0.3) is 11.1 Å². The Kier molecular flexibility index (Phi) is 4.26. The summed E-state index contributed by atoms with van der Waals surface area (Å²) in [6.45, 7) is 0. The summed E-state index contributed by atoms with van der Waals surface area (Å²) in [6.07, 6.45) is 0. The molecule has 0 N–H and O–H groups in total. The first-order valence-corrected chi connectivity index (χ1v) is 6.79. The van der Waals surface area contributed by atoms with Gasteiger partial charge in [0, 0.05) is 10.9 Å². The Balaban J connectivity index is 2.63. The Bertz CT molecular complexity index is 538. The maximum absolute atomic E-state index is 5.48. The summed E-state index contributed by atoms with van der Waals surface area (Å²) in [5, 5.41) is 0.809. The van der Waals surface area contributed by atoms with Crippen molar-refractivity contribution in [1.29, 1.82) is 0 Å². The van der Waals surface area contributed by atoms with Crippen molar-refractivity contribution < 1.29 is 9.47 Å². The van der Waals surface area contributed by atoms with Crippen LogP contribution in [-0.4, -0.2) is 14.2 Å². The van der Waals surface area contributed by atoms with E-state index in [2.05, 4.69) is 28.1 Å². The molecule has 0 aromatic heterocycles. The highest BCUT2D eigenvalue weighted by Gasteiger charge is 2.13. The summed E-state index contributed by atoms with van der Waals surface area (Å²) in [6, 6.07) is 14.2. The highest BCUT2D eigenvalue weighted by Crippen LogP contribution is 2.39. The average molecular weight is 307 g/mol. The van der Waals surface area contributed by atoms with E-state index < -0.39 is 0 Å². The molecule has 0 unspecified atom stereocenters. The third-order valence-corrected chi connectivity index (χ3v) is 3.46. The first kappa shape index (κ1) is 13.0. The van der Waals surface area contributed by atoms with E-state index >= 15 is 0 Å². The molecule has 2 aromatic carbocycles. The third-order valence-electron chi connectivity index (χ3n) is 2.85. The molecule has 0 saturated heterocycles. The molecular formula is C15H15BrO2. The fourth-order valence-electron chi connectivity index (χ4n) is 2.00. The van der Waals surface area contributed by atoms with Gasteiger partial charge >= 0.3 is 0 Å². The van der Waals surface area contributed by atoms with Crippen molar-refractivity contribution >= 4 is 15.9 Å². The van der Waals surface area contributed by atoms with E-state index in [1.165, 1.54) is 5.56 Å². The molecule has 0 saturated carbocycles. The number of rotatable bonds is 4. The lowest BCUT2D eigenvalue weighted by Crippen LogP contribution is -1.94. The molecule has 0 radical (unpaired) electrons. The monoisotopic (exact) mass is 306 g/mol. The van der Waals surface area contributed by atoms with Crippen molar-refractivity contribution in [3.05, 3.63) is 48.0 Å². The Morgan fingerprint density at radius 3 is 2.28 bits per heavy atom. The predicted octanol–water partition coefficient (Wildman–Crippen LogP) is 4.27. The highest BCUT2D eigenvalue weighted by atomic mass is 79.9.